The van der Waals surface area contributed by atoms with Crippen LogP contribution in [0.5, 0.6) is 0 Å². The average Bonchev–Trinajstić information content (AvgIpc) is 2.29. The van der Waals surface area contributed by atoms with Crippen LogP contribution in [-0.2, 0) is 0 Å². The molecule has 0 aromatic heterocycles. The Morgan fingerprint density at radius 2 is 1.94 bits per heavy atom. The number of nitro groups is 1. The number of rotatable bonds is 5. The molecule has 0 radical (unpaired) electrons. The van der Waals surface area contributed by atoms with Gasteiger partial charge in [0.05, 0.1) is 4.92 Å². The molecule has 0 aliphatic carbocycles. The number of benzene rings is 1. The van der Waals surface area contributed by atoms with E-state index in [1.165, 1.54) is 12.1 Å². The van der Waals surface area contributed by atoms with Crippen LogP contribution in [0.3, 0.4) is 0 Å². The summed E-state index contributed by atoms with van der Waals surface area (Å²) in [4.78, 5) is 10.3. The van der Waals surface area contributed by atoms with Gasteiger partial charge in [0.2, 0.25) is 0 Å². The molecule has 0 aliphatic heterocycles. The zero-order chi connectivity index (χ0) is 13.0. The van der Waals surface area contributed by atoms with Crippen molar-refractivity contribution in [3.8, 4) is 0 Å². The smallest absolute Gasteiger partial charge is 0.271 e. The molecule has 0 saturated carbocycles. The lowest BCUT2D eigenvalue weighted by Crippen LogP contribution is -2.20. The van der Waals surface area contributed by atoms with E-state index in [1.54, 1.807) is 6.07 Å². The van der Waals surface area contributed by atoms with Gasteiger partial charge in [0, 0.05) is 23.2 Å². The van der Waals surface area contributed by atoms with E-state index in [0.717, 1.165) is 18.4 Å². The number of nitrogens with zero attached hydrogens (tertiary/aromatic N) is 1. The minimum atomic E-state index is -0.449. The molecule has 4 nitrogen and oxygen atoms in total. The Bertz CT molecular complexity index is 405. The van der Waals surface area contributed by atoms with Crippen LogP contribution in [0, 0.1) is 16.0 Å². The molecule has 0 aliphatic rings. The largest absolute Gasteiger partial charge is 0.324 e. The Balaban J connectivity index is 3.08. The van der Waals surface area contributed by atoms with Crippen molar-refractivity contribution in [2.75, 3.05) is 0 Å². The van der Waals surface area contributed by atoms with Gasteiger partial charge in [-0.15, -0.1) is 0 Å². The summed E-state index contributed by atoms with van der Waals surface area (Å²) in [5.74, 6) is 0.313. The van der Waals surface area contributed by atoms with E-state index in [-0.39, 0.29) is 11.7 Å². The van der Waals surface area contributed by atoms with Gasteiger partial charge in [-0.25, -0.2) is 0 Å². The molecule has 1 rings (SSSR count). The molecule has 0 amide bonds. The van der Waals surface area contributed by atoms with E-state index < -0.39 is 4.92 Å². The molecule has 0 saturated heterocycles. The first-order valence-electron chi connectivity index (χ1n) is 5.70. The van der Waals surface area contributed by atoms with Crippen LogP contribution < -0.4 is 5.73 Å². The lowest BCUT2D eigenvalue weighted by Gasteiger charge is -2.21. The fraction of sp³-hybridized carbons (Fsp3) is 0.500. The van der Waals surface area contributed by atoms with E-state index in [4.69, 9.17) is 17.3 Å². The van der Waals surface area contributed by atoms with Crippen molar-refractivity contribution < 1.29 is 4.92 Å². The van der Waals surface area contributed by atoms with Crippen molar-refractivity contribution in [3.63, 3.8) is 0 Å². The molecular formula is C12H17ClN2O2. The van der Waals surface area contributed by atoms with E-state index >= 15 is 0 Å². The van der Waals surface area contributed by atoms with Crippen LogP contribution >= 0.6 is 11.6 Å². The highest BCUT2D eigenvalue weighted by molar-refractivity contribution is 6.30. The predicted molar refractivity (Wildman–Crippen MR) is 69.1 cm³/mol. The number of hydrogen-bond donors (Lipinski definition) is 1. The molecule has 94 valence electrons. The third-order valence-electron chi connectivity index (χ3n) is 3.06. The van der Waals surface area contributed by atoms with Gasteiger partial charge in [0.1, 0.15) is 0 Å². The van der Waals surface area contributed by atoms with Crippen LogP contribution in [0.1, 0.15) is 38.3 Å². The van der Waals surface area contributed by atoms with Crippen LogP contribution in [0.2, 0.25) is 5.02 Å². The maximum absolute atomic E-state index is 10.7. The van der Waals surface area contributed by atoms with Gasteiger partial charge in [-0.2, -0.15) is 0 Å². The fourth-order valence-electron chi connectivity index (χ4n) is 1.96. The highest BCUT2D eigenvalue weighted by atomic mass is 35.5. The van der Waals surface area contributed by atoms with Gasteiger partial charge in [0.15, 0.2) is 0 Å². The van der Waals surface area contributed by atoms with E-state index in [9.17, 15) is 10.1 Å². The second-order valence-corrected chi connectivity index (χ2v) is 4.54. The Morgan fingerprint density at radius 1 is 1.35 bits per heavy atom. The summed E-state index contributed by atoms with van der Waals surface area (Å²) in [6.07, 6.45) is 1.88. The number of hydrogen-bond acceptors (Lipinski definition) is 3. The van der Waals surface area contributed by atoms with Gasteiger partial charge < -0.3 is 5.73 Å². The van der Waals surface area contributed by atoms with Crippen LogP contribution in [0.15, 0.2) is 18.2 Å². The summed E-state index contributed by atoms with van der Waals surface area (Å²) in [5, 5.41) is 11.1. The quantitative estimate of drug-likeness (QED) is 0.645. The summed E-state index contributed by atoms with van der Waals surface area (Å²) in [5.41, 5.74) is 6.85. The van der Waals surface area contributed by atoms with E-state index in [2.05, 4.69) is 13.8 Å². The van der Waals surface area contributed by atoms with Crippen molar-refractivity contribution >= 4 is 17.3 Å². The third-order valence-corrected chi connectivity index (χ3v) is 3.28. The highest BCUT2D eigenvalue weighted by Gasteiger charge is 2.19. The maximum atomic E-state index is 10.7. The summed E-state index contributed by atoms with van der Waals surface area (Å²) in [6, 6.07) is 4.35. The van der Waals surface area contributed by atoms with Crippen LogP contribution in [0.25, 0.3) is 0 Å². The topological polar surface area (TPSA) is 69.2 Å². The van der Waals surface area contributed by atoms with Crippen molar-refractivity contribution in [2.45, 2.75) is 32.7 Å². The summed E-state index contributed by atoms with van der Waals surface area (Å²) >= 11 is 5.87. The molecule has 1 aromatic rings. The first-order chi connectivity index (χ1) is 7.99. The molecule has 1 aromatic carbocycles. The highest BCUT2D eigenvalue weighted by Crippen LogP contribution is 2.30. The van der Waals surface area contributed by atoms with E-state index in [1.807, 2.05) is 0 Å². The van der Waals surface area contributed by atoms with Gasteiger partial charge in [0.25, 0.3) is 5.69 Å². The number of non-ortho nitro benzene ring substituents is 1. The van der Waals surface area contributed by atoms with Crippen LogP contribution in [-0.4, -0.2) is 4.92 Å². The fourth-order valence-corrected chi connectivity index (χ4v) is 2.20. The molecule has 1 unspecified atom stereocenters. The molecule has 2 N–H and O–H groups in total. The maximum Gasteiger partial charge on any atom is 0.271 e. The summed E-state index contributed by atoms with van der Waals surface area (Å²) in [6.45, 7) is 4.12. The number of halogens is 1. The molecule has 0 heterocycles. The summed E-state index contributed by atoms with van der Waals surface area (Å²) in [7, 11) is 0. The van der Waals surface area contributed by atoms with Crippen molar-refractivity contribution in [3.05, 3.63) is 38.9 Å². The molecule has 1 atom stereocenters. The lowest BCUT2D eigenvalue weighted by molar-refractivity contribution is -0.384. The van der Waals surface area contributed by atoms with Gasteiger partial charge >= 0.3 is 0 Å². The second kappa shape index (κ2) is 5.98. The van der Waals surface area contributed by atoms with Gasteiger partial charge in [-0.3, -0.25) is 10.1 Å². The zero-order valence-electron chi connectivity index (χ0n) is 10.0. The second-order valence-electron chi connectivity index (χ2n) is 4.10. The molecule has 17 heavy (non-hydrogen) atoms. The average molecular weight is 257 g/mol. The van der Waals surface area contributed by atoms with Crippen LogP contribution in [0.4, 0.5) is 5.69 Å². The van der Waals surface area contributed by atoms with Crippen molar-refractivity contribution in [2.24, 2.45) is 11.7 Å². The molecule has 5 heteroatoms. The number of nitrogens with two attached hydrogens (primary N) is 1. The Labute approximate surface area is 106 Å². The molecule has 0 spiro atoms. The van der Waals surface area contributed by atoms with Gasteiger partial charge in [-0.1, -0.05) is 38.3 Å². The molecule has 0 fully saturated rings. The summed E-state index contributed by atoms with van der Waals surface area (Å²) < 4.78 is 0. The molecule has 0 bridgehead atoms. The lowest BCUT2D eigenvalue weighted by atomic mass is 9.89. The number of nitro benzene ring substituents is 1. The van der Waals surface area contributed by atoms with Crippen molar-refractivity contribution in [1.29, 1.82) is 0 Å². The first-order valence-corrected chi connectivity index (χ1v) is 6.07. The molecular weight excluding hydrogens is 240 g/mol. The normalized spacial score (nSPS) is 12.8. The monoisotopic (exact) mass is 256 g/mol. The predicted octanol–water partition coefficient (Wildman–Crippen LogP) is 3.68. The van der Waals surface area contributed by atoms with E-state index in [0.29, 0.717) is 10.9 Å². The minimum absolute atomic E-state index is 0.00564. The third kappa shape index (κ3) is 3.41. The minimum Gasteiger partial charge on any atom is -0.324 e. The standard InChI is InChI=1S/C12H17ClN2O2/c1-3-8(4-2)12(14)9-5-10(13)7-11(6-9)15(16)17/h5-8,12H,3-4,14H2,1-2H3. The van der Waals surface area contributed by atoms with Gasteiger partial charge in [-0.05, 0) is 17.5 Å². The Kier molecular flexibility index (Phi) is 4.90. The first kappa shape index (κ1) is 13.9. The Morgan fingerprint density at radius 3 is 2.41 bits per heavy atom. The SMILES string of the molecule is CCC(CC)C(N)c1cc(Cl)cc([N+](=O)[O-])c1. The Hall–Kier alpha value is -1.13. The zero-order valence-corrected chi connectivity index (χ0v) is 10.8. The van der Waals surface area contributed by atoms with Crippen molar-refractivity contribution in [1.82, 2.24) is 0 Å².